The van der Waals surface area contributed by atoms with E-state index in [9.17, 15) is 18.0 Å². The number of hydrogen-bond donors (Lipinski definition) is 0. The van der Waals surface area contributed by atoms with Gasteiger partial charge in [0.05, 0.1) is 0 Å². The van der Waals surface area contributed by atoms with Crippen molar-refractivity contribution in [1.29, 1.82) is 0 Å². The van der Waals surface area contributed by atoms with Gasteiger partial charge in [0, 0.05) is 43.0 Å². The van der Waals surface area contributed by atoms with Gasteiger partial charge in [-0.1, -0.05) is 29.8 Å². The number of benzene rings is 2. The van der Waals surface area contributed by atoms with Gasteiger partial charge >= 0.3 is 6.36 Å². The number of amides is 1. The summed E-state index contributed by atoms with van der Waals surface area (Å²) in [6.45, 7) is 2.55. The Balaban J connectivity index is 1.53. The van der Waals surface area contributed by atoms with Gasteiger partial charge in [0.1, 0.15) is 5.75 Å². The van der Waals surface area contributed by atoms with Gasteiger partial charge in [-0.05, 0) is 42.0 Å². The Labute approximate surface area is 165 Å². The summed E-state index contributed by atoms with van der Waals surface area (Å²) in [5.74, 6) is -0.436. The van der Waals surface area contributed by atoms with Gasteiger partial charge in [0.25, 0.3) is 0 Å². The first-order valence-electron chi connectivity index (χ1n) is 8.63. The van der Waals surface area contributed by atoms with Crippen molar-refractivity contribution in [2.75, 3.05) is 31.1 Å². The lowest BCUT2D eigenvalue weighted by molar-refractivity contribution is -0.274. The Morgan fingerprint density at radius 1 is 1.04 bits per heavy atom. The van der Waals surface area contributed by atoms with E-state index >= 15 is 0 Å². The van der Waals surface area contributed by atoms with Crippen LogP contribution >= 0.6 is 11.6 Å². The summed E-state index contributed by atoms with van der Waals surface area (Å²) in [7, 11) is 0. The summed E-state index contributed by atoms with van der Waals surface area (Å²) < 4.78 is 40.3. The average molecular weight is 411 g/mol. The topological polar surface area (TPSA) is 32.8 Å². The lowest BCUT2D eigenvalue weighted by Crippen LogP contribution is -2.48. The minimum absolute atomic E-state index is 0.138. The number of piperazine rings is 1. The van der Waals surface area contributed by atoms with Crippen molar-refractivity contribution in [3.05, 3.63) is 65.2 Å². The van der Waals surface area contributed by atoms with E-state index in [1.807, 2.05) is 24.3 Å². The lowest BCUT2D eigenvalue weighted by Gasteiger charge is -2.35. The Hall–Kier alpha value is -2.67. The first-order valence-corrected chi connectivity index (χ1v) is 9.01. The van der Waals surface area contributed by atoms with Crippen molar-refractivity contribution >= 4 is 29.3 Å². The molecule has 1 fully saturated rings. The van der Waals surface area contributed by atoms with Crippen LogP contribution in [-0.4, -0.2) is 43.3 Å². The second-order valence-corrected chi connectivity index (χ2v) is 6.68. The molecule has 28 heavy (non-hydrogen) atoms. The summed E-state index contributed by atoms with van der Waals surface area (Å²) in [6.07, 6.45) is -1.72. The molecule has 2 aromatic rings. The fourth-order valence-corrected chi connectivity index (χ4v) is 3.10. The molecule has 1 aliphatic rings. The van der Waals surface area contributed by atoms with Crippen molar-refractivity contribution in [1.82, 2.24) is 4.90 Å². The van der Waals surface area contributed by atoms with Gasteiger partial charge in [-0.25, -0.2) is 0 Å². The molecule has 0 aliphatic carbocycles. The van der Waals surface area contributed by atoms with E-state index < -0.39 is 6.36 Å². The van der Waals surface area contributed by atoms with Crippen LogP contribution < -0.4 is 9.64 Å². The predicted octanol–water partition coefficient (Wildman–Crippen LogP) is 4.60. The molecule has 148 valence electrons. The van der Waals surface area contributed by atoms with E-state index in [2.05, 4.69) is 9.64 Å². The highest BCUT2D eigenvalue weighted by molar-refractivity contribution is 6.30. The molecule has 8 heteroatoms. The summed E-state index contributed by atoms with van der Waals surface area (Å²) in [5.41, 5.74) is 1.64. The first-order chi connectivity index (χ1) is 13.3. The van der Waals surface area contributed by atoms with Crippen LogP contribution in [0.15, 0.2) is 54.6 Å². The van der Waals surface area contributed by atoms with Crippen LogP contribution in [0.5, 0.6) is 5.75 Å². The smallest absolute Gasteiger partial charge is 0.406 e. The highest BCUT2D eigenvalue weighted by Crippen LogP contribution is 2.23. The number of anilines is 1. The van der Waals surface area contributed by atoms with Crippen LogP contribution in [-0.2, 0) is 4.79 Å². The molecule has 2 aromatic carbocycles. The normalized spacial score (nSPS) is 15.1. The van der Waals surface area contributed by atoms with E-state index in [0.29, 0.717) is 36.8 Å². The molecule has 0 atom stereocenters. The number of hydrogen-bond acceptors (Lipinski definition) is 3. The molecule has 0 N–H and O–H groups in total. The minimum atomic E-state index is -4.72. The maximum Gasteiger partial charge on any atom is 0.573 e. The zero-order chi connectivity index (χ0) is 20.1. The van der Waals surface area contributed by atoms with Gasteiger partial charge in [-0.15, -0.1) is 13.2 Å². The molecule has 0 unspecified atom stereocenters. The molecule has 0 radical (unpaired) electrons. The molecular formula is C20H18ClF3N2O2. The monoisotopic (exact) mass is 410 g/mol. The zero-order valence-corrected chi connectivity index (χ0v) is 15.6. The Morgan fingerprint density at radius 2 is 1.71 bits per heavy atom. The van der Waals surface area contributed by atoms with E-state index in [1.165, 1.54) is 30.3 Å². The van der Waals surface area contributed by atoms with E-state index in [4.69, 9.17) is 11.6 Å². The third-order valence-corrected chi connectivity index (χ3v) is 4.53. The maximum atomic E-state index is 12.3. The SMILES string of the molecule is O=C(/C=C/c1ccc(OC(F)(F)F)cc1)N1CCN(c2cccc(Cl)c2)CC1. The number of nitrogens with zero attached hydrogens (tertiary/aromatic N) is 2. The number of carbonyl (C=O) groups is 1. The second kappa shape index (κ2) is 8.56. The van der Waals surface area contributed by atoms with Gasteiger partial charge in [0.15, 0.2) is 0 Å². The Kier molecular flexibility index (Phi) is 6.14. The highest BCUT2D eigenvalue weighted by Gasteiger charge is 2.30. The Bertz CT molecular complexity index is 845. The zero-order valence-electron chi connectivity index (χ0n) is 14.8. The van der Waals surface area contributed by atoms with Crippen LogP contribution in [0.1, 0.15) is 5.56 Å². The number of rotatable bonds is 4. The number of alkyl halides is 3. The summed E-state index contributed by atoms with van der Waals surface area (Å²) in [6, 6.07) is 12.9. The average Bonchev–Trinajstić information content (AvgIpc) is 2.66. The highest BCUT2D eigenvalue weighted by atomic mass is 35.5. The van der Waals surface area contributed by atoms with Gasteiger partial charge in [-0.3, -0.25) is 4.79 Å². The standard InChI is InChI=1S/C20H18ClF3N2O2/c21-16-2-1-3-17(14-16)25-10-12-26(13-11-25)19(27)9-6-15-4-7-18(8-5-15)28-20(22,23)24/h1-9,14H,10-13H2/b9-6+. The van der Waals surface area contributed by atoms with Crippen molar-refractivity contribution in [3.8, 4) is 5.75 Å². The van der Waals surface area contributed by atoms with E-state index in [-0.39, 0.29) is 11.7 Å². The maximum absolute atomic E-state index is 12.3. The van der Waals surface area contributed by atoms with Gasteiger partial charge < -0.3 is 14.5 Å². The van der Waals surface area contributed by atoms with Crippen molar-refractivity contribution in [2.24, 2.45) is 0 Å². The molecule has 1 saturated heterocycles. The van der Waals surface area contributed by atoms with Crippen LogP contribution in [0.3, 0.4) is 0 Å². The molecule has 0 bridgehead atoms. The van der Waals surface area contributed by atoms with Crippen molar-refractivity contribution < 1.29 is 22.7 Å². The second-order valence-electron chi connectivity index (χ2n) is 6.24. The fraction of sp³-hybridized carbons (Fsp3) is 0.250. The van der Waals surface area contributed by atoms with E-state index in [1.54, 1.807) is 11.0 Å². The van der Waals surface area contributed by atoms with E-state index in [0.717, 1.165) is 5.69 Å². The molecule has 1 amide bonds. The van der Waals surface area contributed by atoms with Crippen molar-refractivity contribution in [2.45, 2.75) is 6.36 Å². The molecule has 0 saturated carbocycles. The fourth-order valence-electron chi connectivity index (χ4n) is 2.91. The minimum Gasteiger partial charge on any atom is -0.406 e. The molecular weight excluding hydrogens is 393 g/mol. The summed E-state index contributed by atoms with van der Waals surface area (Å²) in [4.78, 5) is 16.2. The third kappa shape index (κ3) is 5.66. The molecule has 4 nitrogen and oxygen atoms in total. The molecule has 0 aromatic heterocycles. The molecule has 1 heterocycles. The lowest BCUT2D eigenvalue weighted by atomic mass is 10.2. The summed E-state index contributed by atoms with van der Waals surface area (Å²) in [5, 5.41) is 0.672. The van der Waals surface area contributed by atoms with Crippen LogP contribution in [0.2, 0.25) is 5.02 Å². The number of carbonyl (C=O) groups excluding carboxylic acids is 1. The third-order valence-electron chi connectivity index (χ3n) is 4.30. The van der Waals surface area contributed by atoms with Crippen LogP contribution in [0.25, 0.3) is 6.08 Å². The number of halogens is 4. The largest absolute Gasteiger partial charge is 0.573 e. The van der Waals surface area contributed by atoms with Crippen LogP contribution in [0, 0.1) is 0 Å². The van der Waals surface area contributed by atoms with Gasteiger partial charge in [-0.2, -0.15) is 0 Å². The Morgan fingerprint density at radius 3 is 2.32 bits per heavy atom. The number of ether oxygens (including phenoxy) is 1. The van der Waals surface area contributed by atoms with Crippen LogP contribution in [0.4, 0.5) is 18.9 Å². The van der Waals surface area contributed by atoms with Gasteiger partial charge in [0.2, 0.25) is 5.91 Å². The summed E-state index contributed by atoms with van der Waals surface area (Å²) >= 11 is 6.02. The first kappa shape index (κ1) is 20.1. The quantitative estimate of drug-likeness (QED) is 0.690. The predicted molar refractivity (Wildman–Crippen MR) is 102 cm³/mol. The molecule has 0 spiro atoms. The molecule has 1 aliphatic heterocycles. The van der Waals surface area contributed by atoms with Crippen molar-refractivity contribution in [3.63, 3.8) is 0 Å². The molecule has 3 rings (SSSR count).